The molecule has 104 valence electrons. The molecule has 2 amide bonds. The van der Waals surface area contributed by atoms with Crippen molar-refractivity contribution < 1.29 is 14.0 Å². The van der Waals surface area contributed by atoms with Gasteiger partial charge in [-0.05, 0) is 23.6 Å². The summed E-state index contributed by atoms with van der Waals surface area (Å²) in [6.45, 7) is 3.76. The summed E-state index contributed by atoms with van der Waals surface area (Å²) in [6, 6.07) is 5.11. The standard InChI is InChI=1S/C14H19FN2O2/c1-3-9(2)13(14(16)19)17-12(18)8-10-5-4-6-11(15)7-10/h4-7,9,13H,3,8H2,1-2H3,(H2,16,19)(H,17,18)/t9-,13+/m0/s1. The predicted octanol–water partition coefficient (Wildman–Crippen LogP) is 1.38. The Morgan fingerprint density at radius 3 is 2.63 bits per heavy atom. The molecule has 1 aromatic carbocycles. The summed E-state index contributed by atoms with van der Waals surface area (Å²) in [7, 11) is 0. The summed E-state index contributed by atoms with van der Waals surface area (Å²) in [4.78, 5) is 23.1. The van der Waals surface area contributed by atoms with Crippen LogP contribution in [0.1, 0.15) is 25.8 Å². The van der Waals surface area contributed by atoms with E-state index in [1.54, 1.807) is 6.07 Å². The molecule has 0 aliphatic heterocycles. The van der Waals surface area contributed by atoms with Gasteiger partial charge in [-0.1, -0.05) is 32.4 Å². The topological polar surface area (TPSA) is 72.2 Å². The second-order valence-corrected chi connectivity index (χ2v) is 4.64. The van der Waals surface area contributed by atoms with Crippen LogP contribution in [0.5, 0.6) is 0 Å². The lowest BCUT2D eigenvalue weighted by molar-refractivity contribution is -0.128. The number of hydrogen-bond acceptors (Lipinski definition) is 2. The average Bonchev–Trinajstić information content (AvgIpc) is 2.34. The van der Waals surface area contributed by atoms with Gasteiger partial charge in [0.1, 0.15) is 11.9 Å². The van der Waals surface area contributed by atoms with Gasteiger partial charge in [0, 0.05) is 0 Å². The molecule has 2 atom stereocenters. The molecule has 3 N–H and O–H groups in total. The molecule has 1 aromatic rings. The second-order valence-electron chi connectivity index (χ2n) is 4.64. The first-order valence-corrected chi connectivity index (χ1v) is 6.27. The van der Waals surface area contributed by atoms with Crippen LogP contribution in [0, 0.1) is 11.7 Å². The van der Waals surface area contributed by atoms with Gasteiger partial charge in [0.15, 0.2) is 0 Å². The van der Waals surface area contributed by atoms with Crippen molar-refractivity contribution in [1.82, 2.24) is 5.32 Å². The van der Waals surface area contributed by atoms with E-state index in [1.165, 1.54) is 18.2 Å². The number of carbonyl (C=O) groups excluding carboxylic acids is 2. The summed E-state index contributed by atoms with van der Waals surface area (Å²) in [5.74, 6) is -1.32. The highest BCUT2D eigenvalue weighted by Crippen LogP contribution is 2.09. The van der Waals surface area contributed by atoms with Crippen molar-refractivity contribution in [1.29, 1.82) is 0 Å². The van der Waals surface area contributed by atoms with Crippen molar-refractivity contribution >= 4 is 11.8 Å². The van der Waals surface area contributed by atoms with Gasteiger partial charge in [-0.2, -0.15) is 0 Å². The fourth-order valence-corrected chi connectivity index (χ4v) is 1.79. The van der Waals surface area contributed by atoms with Gasteiger partial charge in [-0.15, -0.1) is 0 Å². The molecular weight excluding hydrogens is 247 g/mol. The molecule has 0 spiro atoms. The molecule has 0 aromatic heterocycles. The first-order valence-electron chi connectivity index (χ1n) is 6.27. The smallest absolute Gasteiger partial charge is 0.240 e. The van der Waals surface area contributed by atoms with Gasteiger partial charge < -0.3 is 11.1 Å². The number of carbonyl (C=O) groups is 2. The molecule has 0 aliphatic carbocycles. The van der Waals surface area contributed by atoms with E-state index in [1.807, 2.05) is 13.8 Å². The number of hydrogen-bond donors (Lipinski definition) is 2. The van der Waals surface area contributed by atoms with E-state index in [9.17, 15) is 14.0 Å². The molecule has 0 aliphatic rings. The van der Waals surface area contributed by atoms with Gasteiger partial charge >= 0.3 is 0 Å². The Morgan fingerprint density at radius 1 is 1.42 bits per heavy atom. The normalized spacial score (nSPS) is 13.6. The number of primary amides is 1. The SMILES string of the molecule is CC[C@H](C)[C@@H](NC(=O)Cc1cccc(F)c1)C(N)=O. The first-order chi connectivity index (χ1) is 8.93. The van der Waals surface area contributed by atoms with Crippen LogP contribution in [0.2, 0.25) is 0 Å². The fourth-order valence-electron chi connectivity index (χ4n) is 1.79. The van der Waals surface area contributed by atoms with Crippen LogP contribution in [0.4, 0.5) is 4.39 Å². The van der Waals surface area contributed by atoms with Crippen LogP contribution in [0.25, 0.3) is 0 Å². The maximum absolute atomic E-state index is 13.0. The molecule has 0 fully saturated rings. The van der Waals surface area contributed by atoms with E-state index in [4.69, 9.17) is 5.73 Å². The Morgan fingerprint density at radius 2 is 2.11 bits per heavy atom. The third-order valence-corrected chi connectivity index (χ3v) is 3.09. The molecule has 0 radical (unpaired) electrons. The zero-order valence-electron chi connectivity index (χ0n) is 11.2. The maximum atomic E-state index is 13.0. The Balaban J connectivity index is 2.65. The first kappa shape index (κ1) is 15.1. The molecule has 1 rings (SSSR count). The highest BCUT2D eigenvalue weighted by molar-refractivity contribution is 5.87. The van der Waals surface area contributed by atoms with E-state index in [0.717, 1.165) is 6.42 Å². The Hall–Kier alpha value is -1.91. The van der Waals surface area contributed by atoms with Crippen LogP contribution in [-0.2, 0) is 16.0 Å². The minimum Gasteiger partial charge on any atom is -0.368 e. The molecule has 0 bridgehead atoms. The number of nitrogens with one attached hydrogen (secondary N) is 1. The Kier molecular flexibility index (Phi) is 5.48. The number of halogens is 1. The highest BCUT2D eigenvalue weighted by atomic mass is 19.1. The molecule has 19 heavy (non-hydrogen) atoms. The molecule has 4 nitrogen and oxygen atoms in total. The second kappa shape index (κ2) is 6.87. The summed E-state index contributed by atoms with van der Waals surface area (Å²) in [5.41, 5.74) is 5.83. The van der Waals surface area contributed by atoms with Crippen LogP contribution in [0.3, 0.4) is 0 Å². The molecule has 5 heteroatoms. The third kappa shape index (κ3) is 4.69. The van der Waals surface area contributed by atoms with E-state index >= 15 is 0 Å². The van der Waals surface area contributed by atoms with Crippen molar-refractivity contribution in [2.24, 2.45) is 11.7 Å². The van der Waals surface area contributed by atoms with Crippen molar-refractivity contribution in [3.63, 3.8) is 0 Å². The van der Waals surface area contributed by atoms with Gasteiger partial charge in [0.2, 0.25) is 11.8 Å². The third-order valence-electron chi connectivity index (χ3n) is 3.09. The van der Waals surface area contributed by atoms with Gasteiger partial charge in [-0.25, -0.2) is 4.39 Å². The summed E-state index contributed by atoms with van der Waals surface area (Å²) < 4.78 is 13.0. The molecular formula is C14H19FN2O2. The van der Waals surface area contributed by atoms with Gasteiger partial charge in [0.05, 0.1) is 6.42 Å². The van der Waals surface area contributed by atoms with E-state index < -0.39 is 17.8 Å². The summed E-state index contributed by atoms with van der Waals surface area (Å²) in [5, 5.41) is 2.60. The Labute approximate surface area is 112 Å². The molecule has 0 unspecified atom stereocenters. The zero-order valence-corrected chi connectivity index (χ0v) is 11.2. The lowest BCUT2D eigenvalue weighted by atomic mass is 9.98. The minimum atomic E-state index is -0.689. The molecule has 0 saturated carbocycles. The maximum Gasteiger partial charge on any atom is 0.240 e. The largest absolute Gasteiger partial charge is 0.368 e. The predicted molar refractivity (Wildman–Crippen MR) is 70.7 cm³/mol. The average molecular weight is 266 g/mol. The van der Waals surface area contributed by atoms with Crippen molar-refractivity contribution in [3.8, 4) is 0 Å². The Bertz CT molecular complexity index is 463. The molecule has 0 saturated heterocycles. The number of benzene rings is 1. The van der Waals surface area contributed by atoms with Crippen LogP contribution < -0.4 is 11.1 Å². The van der Waals surface area contributed by atoms with Crippen molar-refractivity contribution in [2.45, 2.75) is 32.7 Å². The summed E-state index contributed by atoms with van der Waals surface area (Å²) in [6.07, 6.45) is 0.756. The van der Waals surface area contributed by atoms with Crippen molar-refractivity contribution in [3.05, 3.63) is 35.6 Å². The van der Waals surface area contributed by atoms with Crippen LogP contribution in [0.15, 0.2) is 24.3 Å². The monoisotopic (exact) mass is 266 g/mol. The highest BCUT2D eigenvalue weighted by Gasteiger charge is 2.23. The fraction of sp³-hybridized carbons (Fsp3) is 0.429. The molecule has 0 heterocycles. The van der Waals surface area contributed by atoms with E-state index in [0.29, 0.717) is 5.56 Å². The lowest BCUT2D eigenvalue weighted by Crippen LogP contribution is -2.48. The number of amides is 2. The minimum absolute atomic E-state index is 0.0258. The van der Waals surface area contributed by atoms with Gasteiger partial charge in [-0.3, -0.25) is 9.59 Å². The van der Waals surface area contributed by atoms with E-state index in [2.05, 4.69) is 5.32 Å². The van der Waals surface area contributed by atoms with Gasteiger partial charge in [0.25, 0.3) is 0 Å². The zero-order chi connectivity index (χ0) is 14.4. The number of rotatable bonds is 6. The lowest BCUT2D eigenvalue weighted by Gasteiger charge is -2.21. The van der Waals surface area contributed by atoms with Crippen molar-refractivity contribution in [2.75, 3.05) is 0 Å². The van der Waals surface area contributed by atoms with Crippen LogP contribution in [-0.4, -0.2) is 17.9 Å². The quantitative estimate of drug-likeness (QED) is 0.816. The summed E-state index contributed by atoms with van der Waals surface area (Å²) >= 11 is 0. The van der Waals surface area contributed by atoms with Crippen LogP contribution >= 0.6 is 0 Å². The number of nitrogens with two attached hydrogens (primary N) is 1. The van der Waals surface area contributed by atoms with E-state index in [-0.39, 0.29) is 18.2 Å².